The van der Waals surface area contributed by atoms with Crippen LogP contribution >= 0.6 is 0 Å². The summed E-state index contributed by atoms with van der Waals surface area (Å²) in [5.41, 5.74) is 0.531. The molecule has 18 heavy (non-hydrogen) atoms. The molecule has 1 aromatic heterocycles. The minimum Gasteiger partial charge on any atom is -0.389 e. The van der Waals surface area contributed by atoms with Gasteiger partial charge in [0.2, 0.25) is 0 Å². The van der Waals surface area contributed by atoms with Crippen LogP contribution in [0.2, 0.25) is 0 Å². The van der Waals surface area contributed by atoms with E-state index in [-0.39, 0.29) is 0 Å². The molecule has 0 aromatic carbocycles. The van der Waals surface area contributed by atoms with Gasteiger partial charge in [0, 0.05) is 19.3 Å². The first-order valence-corrected chi connectivity index (χ1v) is 7.05. The Morgan fingerprint density at radius 1 is 1.39 bits per heavy atom. The van der Waals surface area contributed by atoms with Gasteiger partial charge in [-0.05, 0) is 43.7 Å². The van der Waals surface area contributed by atoms with E-state index < -0.39 is 5.60 Å². The zero-order chi connectivity index (χ0) is 12.8. The third-order valence-corrected chi connectivity index (χ3v) is 4.10. The Kier molecular flexibility index (Phi) is 4.72. The highest BCUT2D eigenvalue weighted by molar-refractivity contribution is 5.03. The van der Waals surface area contributed by atoms with Crippen LogP contribution in [0.1, 0.15) is 44.7 Å². The number of rotatable bonds is 5. The Hall–Kier alpha value is -0.930. The summed E-state index contributed by atoms with van der Waals surface area (Å²) in [6.07, 6.45) is 7.24. The van der Waals surface area contributed by atoms with E-state index in [9.17, 15) is 5.11 Å². The molecule has 1 aliphatic rings. The molecule has 0 saturated heterocycles. The molecule has 1 heterocycles. The molecule has 1 saturated carbocycles. The van der Waals surface area contributed by atoms with Gasteiger partial charge in [-0.1, -0.05) is 19.4 Å². The fourth-order valence-electron chi connectivity index (χ4n) is 2.73. The van der Waals surface area contributed by atoms with Crippen molar-refractivity contribution >= 4 is 0 Å². The van der Waals surface area contributed by atoms with Crippen molar-refractivity contribution in [3.63, 3.8) is 0 Å². The van der Waals surface area contributed by atoms with E-state index in [0.29, 0.717) is 6.54 Å². The van der Waals surface area contributed by atoms with E-state index in [0.717, 1.165) is 43.8 Å². The number of hydrogen-bond donors (Lipinski definition) is 2. The maximum absolute atomic E-state index is 10.5. The molecule has 0 aliphatic heterocycles. The average molecular weight is 248 g/mol. The first kappa shape index (κ1) is 13.5. The van der Waals surface area contributed by atoms with Crippen LogP contribution in [0.3, 0.4) is 0 Å². The van der Waals surface area contributed by atoms with Gasteiger partial charge in [0.25, 0.3) is 0 Å². The standard InChI is InChI=1S/C15H24N2O/c1-2-13-6-8-15(18,9-7-13)12-16-11-14-5-3-4-10-17-14/h3-5,10,13,16,18H,2,6-9,11-12H2,1H3. The Morgan fingerprint density at radius 2 is 2.17 bits per heavy atom. The molecule has 1 aromatic rings. The van der Waals surface area contributed by atoms with Gasteiger partial charge in [0.05, 0.1) is 11.3 Å². The summed E-state index contributed by atoms with van der Waals surface area (Å²) in [6.45, 7) is 3.66. The summed E-state index contributed by atoms with van der Waals surface area (Å²) in [4.78, 5) is 4.27. The fraction of sp³-hybridized carbons (Fsp3) is 0.667. The molecule has 0 amide bonds. The molecule has 100 valence electrons. The SMILES string of the molecule is CCC1CCC(O)(CNCc2ccccn2)CC1. The molecule has 0 radical (unpaired) electrons. The highest BCUT2D eigenvalue weighted by atomic mass is 16.3. The minimum atomic E-state index is -0.500. The number of nitrogens with one attached hydrogen (secondary N) is 1. The van der Waals surface area contributed by atoms with Crippen LogP contribution in [0, 0.1) is 5.92 Å². The number of aromatic nitrogens is 1. The molecule has 2 rings (SSSR count). The monoisotopic (exact) mass is 248 g/mol. The Bertz CT molecular complexity index is 345. The van der Waals surface area contributed by atoms with Gasteiger partial charge < -0.3 is 10.4 Å². The van der Waals surface area contributed by atoms with Crippen LogP contribution in [0.5, 0.6) is 0 Å². The summed E-state index contributed by atoms with van der Waals surface area (Å²) in [5.74, 6) is 0.820. The van der Waals surface area contributed by atoms with Crippen LogP contribution in [0.4, 0.5) is 0 Å². The maximum atomic E-state index is 10.5. The predicted molar refractivity (Wildman–Crippen MR) is 73.1 cm³/mol. The molecule has 1 fully saturated rings. The highest BCUT2D eigenvalue weighted by Crippen LogP contribution is 2.33. The lowest BCUT2D eigenvalue weighted by Crippen LogP contribution is -2.43. The van der Waals surface area contributed by atoms with E-state index in [1.54, 1.807) is 6.20 Å². The average Bonchev–Trinajstić information content (AvgIpc) is 2.41. The Balaban J connectivity index is 1.73. The number of aliphatic hydroxyl groups is 1. The van der Waals surface area contributed by atoms with Crippen LogP contribution in [0.15, 0.2) is 24.4 Å². The number of pyridine rings is 1. The molecule has 3 heteroatoms. The number of nitrogens with zero attached hydrogens (tertiary/aromatic N) is 1. The van der Waals surface area contributed by atoms with Crippen molar-refractivity contribution in [3.05, 3.63) is 30.1 Å². The zero-order valence-corrected chi connectivity index (χ0v) is 11.2. The maximum Gasteiger partial charge on any atom is 0.0771 e. The lowest BCUT2D eigenvalue weighted by molar-refractivity contribution is -0.00886. The topological polar surface area (TPSA) is 45.1 Å². The predicted octanol–water partition coefficient (Wildman–Crippen LogP) is 2.50. The molecular weight excluding hydrogens is 224 g/mol. The molecule has 1 aliphatic carbocycles. The summed E-state index contributed by atoms with van der Waals surface area (Å²) in [7, 11) is 0. The van der Waals surface area contributed by atoms with Crippen molar-refractivity contribution in [2.24, 2.45) is 5.92 Å². The van der Waals surface area contributed by atoms with Crippen LogP contribution in [-0.4, -0.2) is 22.2 Å². The quantitative estimate of drug-likeness (QED) is 0.841. The van der Waals surface area contributed by atoms with E-state index in [1.165, 1.54) is 6.42 Å². The number of hydrogen-bond acceptors (Lipinski definition) is 3. The van der Waals surface area contributed by atoms with E-state index in [2.05, 4.69) is 17.2 Å². The highest BCUT2D eigenvalue weighted by Gasteiger charge is 2.31. The fourth-order valence-corrected chi connectivity index (χ4v) is 2.73. The lowest BCUT2D eigenvalue weighted by atomic mass is 9.78. The molecule has 0 unspecified atom stereocenters. The minimum absolute atomic E-state index is 0.500. The Morgan fingerprint density at radius 3 is 2.78 bits per heavy atom. The van der Waals surface area contributed by atoms with Gasteiger partial charge in [-0.25, -0.2) is 0 Å². The van der Waals surface area contributed by atoms with Gasteiger partial charge in [-0.3, -0.25) is 4.98 Å². The second-order valence-electron chi connectivity index (χ2n) is 5.50. The molecule has 0 atom stereocenters. The summed E-state index contributed by atoms with van der Waals surface area (Å²) in [5, 5.41) is 13.8. The van der Waals surface area contributed by atoms with Crippen molar-refractivity contribution in [2.45, 2.75) is 51.2 Å². The van der Waals surface area contributed by atoms with Gasteiger partial charge >= 0.3 is 0 Å². The van der Waals surface area contributed by atoms with Crippen LogP contribution in [0.25, 0.3) is 0 Å². The molecule has 3 nitrogen and oxygen atoms in total. The second-order valence-corrected chi connectivity index (χ2v) is 5.50. The van der Waals surface area contributed by atoms with Gasteiger partial charge in [-0.2, -0.15) is 0 Å². The molecule has 2 N–H and O–H groups in total. The summed E-state index contributed by atoms with van der Waals surface area (Å²) in [6, 6.07) is 5.92. The summed E-state index contributed by atoms with van der Waals surface area (Å²) < 4.78 is 0. The third kappa shape index (κ3) is 3.79. The van der Waals surface area contributed by atoms with Crippen molar-refractivity contribution < 1.29 is 5.11 Å². The van der Waals surface area contributed by atoms with Gasteiger partial charge in [0.1, 0.15) is 0 Å². The third-order valence-electron chi connectivity index (χ3n) is 4.10. The summed E-state index contributed by atoms with van der Waals surface area (Å²) >= 11 is 0. The van der Waals surface area contributed by atoms with Crippen molar-refractivity contribution in [1.82, 2.24) is 10.3 Å². The van der Waals surface area contributed by atoms with Crippen molar-refractivity contribution in [3.8, 4) is 0 Å². The van der Waals surface area contributed by atoms with E-state index in [4.69, 9.17) is 0 Å². The second kappa shape index (κ2) is 6.30. The zero-order valence-electron chi connectivity index (χ0n) is 11.2. The van der Waals surface area contributed by atoms with E-state index >= 15 is 0 Å². The van der Waals surface area contributed by atoms with Gasteiger partial charge in [0.15, 0.2) is 0 Å². The molecule has 0 spiro atoms. The largest absolute Gasteiger partial charge is 0.389 e. The van der Waals surface area contributed by atoms with Gasteiger partial charge in [-0.15, -0.1) is 0 Å². The molecular formula is C15H24N2O. The molecule has 0 bridgehead atoms. The first-order valence-electron chi connectivity index (χ1n) is 7.05. The normalized spacial score (nSPS) is 28.2. The van der Waals surface area contributed by atoms with Crippen LogP contribution in [-0.2, 0) is 6.54 Å². The smallest absolute Gasteiger partial charge is 0.0771 e. The lowest BCUT2D eigenvalue weighted by Gasteiger charge is -2.36. The van der Waals surface area contributed by atoms with Crippen molar-refractivity contribution in [1.29, 1.82) is 0 Å². The van der Waals surface area contributed by atoms with Crippen molar-refractivity contribution in [2.75, 3.05) is 6.54 Å². The Labute approximate surface area is 110 Å². The van der Waals surface area contributed by atoms with E-state index in [1.807, 2.05) is 18.2 Å². The first-order chi connectivity index (χ1) is 8.72. The van der Waals surface area contributed by atoms with Crippen LogP contribution < -0.4 is 5.32 Å².